The number of non-ortho nitro benzene ring substituents is 1. The van der Waals surface area contributed by atoms with E-state index in [0.717, 1.165) is 0 Å². The summed E-state index contributed by atoms with van der Waals surface area (Å²) in [4.78, 5) is 24.7. The van der Waals surface area contributed by atoms with Crippen molar-refractivity contribution in [1.82, 2.24) is 10.3 Å². The average molecular weight is 243 g/mol. The summed E-state index contributed by atoms with van der Waals surface area (Å²) in [6, 6.07) is 6.18. The van der Waals surface area contributed by atoms with E-state index in [-0.39, 0.29) is 17.9 Å². The minimum atomic E-state index is -0.498. The zero-order valence-electron chi connectivity index (χ0n) is 9.27. The van der Waals surface area contributed by atoms with Crippen LogP contribution in [0.3, 0.4) is 0 Å². The van der Waals surface area contributed by atoms with Gasteiger partial charge in [-0.05, 0) is 6.07 Å². The van der Waals surface area contributed by atoms with E-state index in [1.807, 2.05) is 0 Å². The van der Waals surface area contributed by atoms with Gasteiger partial charge >= 0.3 is 0 Å². The van der Waals surface area contributed by atoms with E-state index < -0.39 is 10.8 Å². The molecule has 18 heavy (non-hydrogen) atoms. The summed E-state index contributed by atoms with van der Waals surface area (Å²) in [7, 11) is 0. The van der Waals surface area contributed by atoms with Gasteiger partial charge in [-0.15, -0.1) is 6.42 Å². The van der Waals surface area contributed by atoms with Crippen molar-refractivity contribution < 1.29 is 9.72 Å². The first-order valence-electron chi connectivity index (χ1n) is 5.11. The summed E-state index contributed by atoms with van der Waals surface area (Å²) in [6.45, 7) is 0.107. The Labute approximate surface area is 102 Å². The van der Waals surface area contributed by atoms with Crippen LogP contribution in [0.15, 0.2) is 24.3 Å². The van der Waals surface area contributed by atoms with Crippen molar-refractivity contribution in [2.45, 2.75) is 0 Å². The highest BCUT2D eigenvalue weighted by Crippen LogP contribution is 2.25. The standard InChI is InChI=1S/C12H9N3O3/c1-2-6-13-12(16)9-7-8-4-3-5-10(15(17)18)11(8)14-9/h1,3-5,7,14H,6H2,(H,13,16). The Balaban J connectivity index is 2.45. The van der Waals surface area contributed by atoms with E-state index >= 15 is 0 Å². The quantitative estimate of drug-likeness (QED) is 0.485. The molecule has 0 fully saturated rings. The van der Waals surface area contributed by atoms with Crippen molar-refractivity contribution in [1.29, 1.82) is 0 Å². The second-order valence-electron chi connectivity index (χ2n) is 3.57. The molecule has 0 aliphatic carbocycles. The lowest BCUT2D eigenvalue weighted by Crippen LogP contribution is -2.23. The highest BCUT2D eigenvalue weighted by molar-refractivity contribution is 6.00. The van der Waals surface area contributed by atoms with Gasteiger partial charge in [0.2, 0.25) is 0 Å². The summed E-state index contributed by atoms with van der Waals surface area (Å²) < 4.78 is 0. The minimum Gasteiger partial charge on any atom is -0.345 e. The molecule has 0 aliphatic heterocycles. The van der Waals surface area contributed by atoms with Crippen LogP contribution in [0.2, 0.25) is 0 Å². The van der Waals surface area contributed by atoms with E-state index in [9.17, 15) is 14.9 Å². The van der Waals surface area contributed by atoms with Crippen LogP contribution in [0.1, 0.15) is 10.5 Å². The second kappa shape index (κ2) is 4.59. The molecule has 0 bridgehead atoms. The van der Waals surface area contributed by atoms with Gasteiger partial charge in [0.15, 0.2) is 0 Å². The van der Waals surface area contributed by atoms with Gasteiger partial charge in [0.1, 0.15) is 11.2 Å². The SMILES string of the molecule is C#CCNC(=O)c1cc2cccc([N+](=O)[O-])c2[nH]1. The molecule has 90 valence electrons. The molecule has 1 aromatic carbocycles. The first kappa shape index (κ1) is 11.7. The molecular formula is C12H9N3O3. The van der Waals surface area contributed by atoms with Gasteiger partial charge in [0, 0.05) is 11.5 Å². The zero-order valence-corrected chi connectivity index (χ0v) is 9.27. The molecule has 0 spiro atoms. The number of terminal acetylenes is 1. The molecule has 0 atom stereocenters. The molecule has 0 saturated heterocycles. The number of aromatic amines is 1. The van der Waals surface area contributed by atoms with Gasteiger partial charge < -0.3 is 10.3 Å². The molecule has 6 heteroatoms. The van der Waals surface area contributed by atoms with Crippen LogP contribution in [0.5, 0.6) is 0 Å². The van der Waals surface area contributed by atoms with Crippen molar-refractivity contribution in [2.75, 3.05) is 6.54 Å². The highest BCUT2D eigenvalue weighted by Gasteiger charge is 2.16. The van der Waals surface area contributed by atoms with Gasteiger partial charge in [-0.3, -0.25) is 14.9 Å². The molecule has 0 radical (unpaired) electrons. The molecule has 1 aromatic heterocycles. The highest BCUT2D eigenvalue weighted by atomic mass is 16.6. The molecule has 2 N–H and O–H groups in total. The van der Waals surface area contributed by atoms with Gasteiger partial charge in [-0.2, -0.15) is 0 Å². The first-order chi connectivity index (χ1) is 8.63. The average Bonchev–Trinajstić information content (AvgIpc) is 2.79. The number of carbonyl (C=O) groups is 1. The number of nitro groups is 1. The Kier molecular flexibility index (Phi) is 2.98. The topological polar surface area (TPSA) is 88.0 Å². The predicted molar refractivity (Wildman–Crippen MR) is 66.1 cm³/mol. The zero-order chi connectivity index (χ0) is 13.1. The number of nitrogens with one attached hydrogen (secondary N) is 2. The lowest BCUT2D eigenvalue weighted by molar-refractivity contribution is -0.383. The van der Waals surface area contributed by atoms with Crippen LogP contribution < -0.4 is 5.32 Å². The number of nitrogens with zero attached hydrogens (tertiary/aromatic N) is 1. The summed E-state index contributed by atoms with van der Waals surface area (Å²) in [5, 5.41) is 13.9. The number of amides is 1. The lowest BCUT2D eigenvalue weighted by atomic mass is 10.2. The number of hydrogen-bond donors (Lipinski definition) is 2. The number of aromatic nitrogens is 1. The lowest BCUT2D eigenvalue weighted by Gasteiger charge is -1.96. The van der Waals surface area contributed by atoms with Gasteiger partial charge in [-0.25, -0.2) is 0 Å². The number of fused-ring (bicyclic) bond motifs is 1. The van der Waals surface area contributed by atoms with Crippen LogP contribution in [0.25, 0.3) is 10.9 Å². The maximum absolute atomic E-state index is 11.6. The van der Waals surface area contributed by atoms with Gasteiger partial charge in [0.05, 0.1) is 11.5 Å². The van der Waals surface area contributed by atoms with Crippen LogP contribution in [0, 0.1) is 22.5 Å². The Morgan fingerprint density at radius 3 is 3.00 bits per heavy atom. The van der Waals surface area contributed by atoms with E-state index in [1.54, 1.807) is 18.2 Å². The number of nitro benzene ring substituents is 1. The number of hydrogen-bond acceptors (Lipinski definition) is 3. The third-order valence-corrected chi connectivity index (χ3v) is 2.43. The second-order valence-corrected chi connectivity index (χ2v) is 3.57. The smallest absolute Gasteiger partial charge is 0.293 e. The van der Waals surface area contributed by atoms with E-state index in [1.165, 1.54) is 6.07 Å². The van der Waals surface area contributed by atoms with Crippen molar-refractivity contribution in [3.8, 4) is 12.3 Å². The molecule has 0 saturated carbocycles. The largest absolute Gasteiger partial charge is 0.345 e. The van der Waals surface area contributed by atoms with Crippen LogP contribution >= 0.6 is 0 Å². The molecule has 2 rings (SSSR count). The van der Waals surface area contributed by atoms with Crippen LogP contribution in [0.4, 0.5) is 5.69 Å². The van der Waals surface area contributed by atoms with Crippen molar-refractivity contribution >= 4 is 22.5 Å². The first-order valence-corrected chi connectivity index (χ1v) is 5.11. The maximum atomic E-state index is 11.6. The molecular weight excluding hydrogens is 234 g/mol. The summed E-state index contributed by atoms with van der Waals surface area (Å²) >= 11 is 0. The van der Waals surface area contributed by atoms with E-state index in [4.69, 9.17) is 6.42 Å². The van der Waals surface area contributed by atoms with Crippen molar-refractivity contribution in [3.63, 3.8) is 0 Å². The fraction of sp³-hybridized carbons (Fsp3) is 0.0833. The fourth-order valence-electron chi connectivity index (χ4n) is 1.64. The number of benzene rings is 1. The minimum absolute atomic E-state index is 0.0662. The maximum Gasteiger partial charge on any atom is 0.293 e. The van der Waals surface area contributed by atoms with Gasteiger partial charge in [-0.1, -0.05) is 18.1 Å². The molecule has 0 aliphatic rings. The summed E-state index contributed by atoms with van der Waals surface area (Å²) in [5.74, 6) is 1.89. The summed E-state index contributed by atoms with van der Waals surface area (Å²) in [5.41, 5.74) is 0.506. The van der Waals surface area contributed by atoms with Crippen LogP contribution in [-0.2, 0) is 0 Å². The molecule has 2 aromatic rings. The Morgan fingerprint density at radius 2 is 2.33 bits per heavy atom. The Bertz CT molecular complexity index is 667. The Hall–Kier alpha value is -2.81. The van der Waals surface area contributed by atoms with Crippen molar-refractivity contribution in [2.24, 2.45) is 0 Å². The third-order valence-electron chi connectivity index (χ3n) is 2.43. The molecule has 1 heterocycles. The number of para-hydroxylation sites is 1. The Morgan fingerprint density at radius 1 is 1.56 bits per heavy atom. The molecule has 6 nitrogen and oxygen atoms in total. The monoisotopic (exact) mass is 243 g/mol. The third kappa shape index (κ3) is 2.01. The number of H-pyrrole nitrogens is 1. The van der Waals surface area contributed by atoms with E-state index in [2.05, 4.69) is 16.2 Å². The number of rotatable bonds is 3. The summed E-state index contributed by atoms with van der Waals surface area (Å²) in [6.07, 6.45) is 5.03. The van der Waals surface area contributed by atoms with Gasteiger partial charge in [0.25, 0.3) is 11.6 Å². The molecule has 1 amide bonds. The normalized spacial score (nSPS) is 9.94. The van der Waals surface area contributed by atoms with Crippen molar-refractivity contribution in [3.05, 3.63) is 40.1 Å². The predicted octanol–water partition coefficient (Wildman–Crippen LogP) is 1.44. The van der Waals surface area contributed by atoms with Crippen LogP contribution in [-0.4, -0.2) is 22.4 Å². The fourth-order valence-corrected chi connectivity index (χ4v) is 1.64. The molecule has 0 unspecified atom stereocenters. The number of carbonyl (C=O) groups excluding carboxylic acids is 1. The van der Waals surface area contributed by atoms with E-state index in [0.29, 0.717) is 10.9 Å².